The van der Waals surface area contributed by atoms with Crippen molar-refractivity contribution in [1.82, 2.24) is 0 Å². The third-order valence-corrected chi connectivity index (χ3v) is 3.39. The summed E-state index contributed by atoms with van der Waals surface area (Å²) in [6.07, 6.45) is 2.91. The van der Waals surface area contributed by atoms with Gasteiger partial charge in [0.15, 0.2) is 0 Å². The molecule has 2 heteroatoms. The molecule has 19 heavy (non-hydrogen) atoms. The van der Waals surface area contributed by atoms with Gasteiger partial charge in [-0.15, -0.1) is 0 Å². The highest BCUT2D eigenvalue weighted by Gasteiger charge is 2.17. The lowest BCUT2D eigenvalue weighted by molar-refractivity contribution is 0.313. The molecule has 2 nitrogen and oxygen atoms in total. The molecule has 1 aromatic carbocycles. The Morgan fingerprint density at radius 3 is 2.42 bits per heavy atom. The Morgan fingerprint density at radius 1 is 1.21 bits per heavy atom. The predicted octanol–water partition coefficient (Wildman–Crippen LogP) is 4.05. The van der Waals surface area contributed by atoms with Crippen LogP contribution in [0.5, 0.6) is 5.75 Å². The Morgan fingerprint density at radius 2 is 1.89 bits per heavy atom. The van der Waals surface area contributed by atoms with Crippen LogP contribution in [0.15, 0.2) is 18.2 Å². The van der Waals surface area contributed by atoms with Crippen LogP contribution in [-0.2, 0) is 11.8 Å². The number of hydrogen-bond acceptors (Lipinski definition) is 2. The van der Waals surface area contributed by atoms with Crippen LogP contribution >= 0.6 is 0 Å². The first-order chi connectivity index (χ1) is 8.88. The summed E-state index contributed by atoms with van der Waals surface area (Å²) in [5.74, 6) is 0.999. The van der Waals surface area contributed by atoms with E-state index in [-0.39, 0.29) is 11.5 Å². The second-order valence-electron chi connectivity index (χ2n) is 6.29. The zero-order chi connectivity index (χ0) is 14.5. The molecule has 0 heterocycles. The van der Waals surface area contributed by atoms with Gasteiger partial charge in [0.1, 0.15) is 5.75 Å². The van der Waals surface area contributed by atoms with Gasteiger partial charge in [-0.2, -0.15) is 0 Å². The van der Waals surface area contributed by atoms with Crippen molar-refractivity contribution in [3.05, 3.63) is 29.3 Å². The summed E-state index contributed by atoms with van der Waals surface area (Å²) < 4.78 is 5.84. The fourth-order valence-corrected chi connectivity index (χ4v) is 1.99. The molecular formula is C17H29NO. The summed E-state index contributed by atoms with van der Waals surface area (Å²) >= 11 is 0. The fourth-order valence-electron chi connectivity index (χ4n) is 1.99. The lowest BCUT2D eigenvalue weighted by Gasteiger charge is -2.22. The Labute approximate surface area is 118 Å². The average molecular weight is 263 g/mol. The topological polar surface area (TPSA) is 35.2 Å². The van der Waals surface area contributed by atoms with Gasteiger partial charge in [-0.05, 0) is 41.9 Å². The van der Waals surface area contributed by atoms with Crippen molar-refractivity contribution >= 4 is 0 Å². The standard InChI is InChI=1S/C17H29NO/c1-6-10-19-16-9-8-14(17(3,4)5)11-13(16)12-15(18)7-2/h8-9,11,15H,6-7,10,12,18H2,1-5H3. The van der Waals surface area contributed by atoms with E-state index in [9.17, 15) is 0 Å². The van der Waals surface area contributed by atoms with Gasteiger partial charge in [0, 0.05) is 6.04 Å². The zero-order valence-electron chi connectivity index (χ0n) is 13.1. The van der Waals surface area contributed by atoms with Crippen molar-refractivity contribution < 1.29 is 4.74 Å². The molecule has 0 spiro atoms. The molecule has 1 atom stereocenters. The van der Waals surface area contributed by atoms with E-state index in [1.807, 2.05) is 0 Å². The maximum absolute atomic E-state index is 6.11. The first kappa shape index (κ1) is 16.0. The monoisotopic (exact) mass is 263 g/mol. The average Bonchev–Trinajstić information content (AvgIpc) is 2.35. The van der Waals surface area contributed by atoms with E-state index in [1.165, 1.54) is 11.1 Å². The van der Waals surface area contributed by atoms with E-state index in [4.69, 9.17) is 10.5 Å². The van der Waals surface area contributed by atoms with Crippen LogP contribution in [0.4, 0.5) is 0 Å². The molecule has 0 aliphatic rings. The van der Waals surface area contributed by atoms with Gasteiger partial charge in [-0.25, -0.2) is 0 Å². The van der Waals surface area contributed by atoms with E-state index >= 15 is 0 Å². The molecule has 0 amide bonds. The summed E-state index contributed by atoms with van der Waals surface area (Å²) in [5.41, 5.74) is 8.86. The first-order valence-electron chi connectivity index (χ1n) is 7.40. The van der Waals surface area contributed by atoms with Gasteiger partial charge in [0.25, 0.3) is 0 Å². The van der Waals surface area contributed by atoms with Crippen molar-refractivity contribution in [2.75, 3.05) is 6.61 Å². The Hall–Kier alpha value is -1.02. The van der Waals surface area contributed by atoms with Crippen LogP contribution in [0.2, 0.25) is 0 Å². The van der Waals surface area contributed by atoms with E-state index in [0.29, 0.717) is 0 Å². The van der Waals surface area contributed by atoms with Gasteiger partial charge < -0.3 is 10.5 Å². The highest BCUT2D eigenvalue weighted by molar-refractivity contribution is 5.40. The maximum Gasteiger partial charge on any atom is 0.122 e. The number of hydrogen-bond donors (Lipinski definition) is 1. The molecule has 0 fully saturated rings. The van der Waals surface area contributed by atoms with Crippen LogP contribution < -0.4 is 10.5 Å². The predicted molar refractivity (Wildman–Crippen MR) is 82.9 cm³/mol. The summed E-state index contributed by atoms with van der Waals surface area (Å²) in [6.45, 7) is 11.7. The minimum absolute atomic E-state index is 0.161. The van der Waals surface area contributed by atoms with Crippen LogP contribution in [0, 0.1) is 0 Å². The van der Waals surface area contributed by atoms with Gasteiger partial charge in [0.05, 0.1) is 6.61 Å². The molecule has 0 bridgehead atoms. The molecule has 1 aromatic rings. The van der Waals surface area contributed by atoms with Gasteiger partial charge in [-0.3, -0.25) is 0 Å². The van der Waals surface area contributed by atoms with E-state index in [1.54, 1.807) is 0 Å². The third-order valence-electron chi connectivity index (χ3n) is 3.39. The SMILES string of the molecule is CCCOc1ccc(C(C)(C)C)cc1CC(N)CC. The van der Waals surface area contributed by atoms with Crippen molar-refractivity contribution in [2.24, 2.45) is 5.73 Å². The highest BCUT2D eigenvalue weighted by Crippen LogP contribution is 2.29. The lowest BCUT2D eigenvalue weighted by Crippen LogP contribution is -2.22. The summed E-state index contributed by atoms with van der Waals surface area (Å²) in [6, 6.07) is 6.75. The quantitative estimate of drug-likeness (QED) is 0.840. The lowest BCUT2D eigenvalue weighted by atomic mass is 9.85. The van der Waals surface area contributed by atoms with Crippen molar-refractivity contribution in [1.29, 1.82) is 0 Å². The van der Waals surface area contributed by atoms with Crippen molar-refractivity contribution in [2.45, 2.75) is 65.3 Å². The first-order valence-corrected chi connectivity index (χ1v) is 7.40. The van der Waals surface area contributed by atoms with Gasteiger partial charge in [0.2, 0.25) is 0 Å². The molecule has 0 radical (unpaired) electrons. The molecule has 0 saturated heterocycles. The van der Waals surface area contributed by atoms with Crippen LogP contribution in [-0.4, -0.2) is 12.6 Å². The number of rotatable bonds is 6. The number of ether oxygens (including phenoxy) is 1. The Kier molecular flexibility index (Phi) is 5.86. The van der Waals surface area contributed by atoms with Crippen LogP contribution in [0.25, 0.3) is 0 Å². The van der Waals surface area contributed by atoms with Crippen molar-refractivity contribution in [3.8, 4) is 5.75 Å². The van der Waals surface area contributed by atoms with E-state index in [0.717, 1.165) is 31.6 Å². The molecular weight excluding hydrogens is 234 g/mol. The van der Waals surface area contributed by atoms with E-state index < -0.39 is 0 Å². The van der Waals surface area contributed by atoms with Crippen LogP contribution in [0.3, 0.4) is 0 Å². The summed E-state index contributed by atoms with van der Waals surface area (Å²) in [4.78, 5) is 0. The maximum atomic E-state index is 6.11. The molecule has 0 aromatic heterocycles. The third kappa shape index (κ3) is 4.87. The second-order valence-corrected chi connectivity index (χ2v) is 6.29. The highest BCUT2D eigenvalue weighted by atomic mass is 16.5. The van der Waals surface area contributed by atoms with Crippen molar-refractivity contribution in [3.63, 3.8) is 0 Å². The minimum atomic E-state index is 0.161. The number of benzene rings is 1. The largest absolute Gasteiger partial charge is 0.493 e. The molecule has 1 rings (SSSR count). The van der Waals surface area contributed by atoms with Gasteiger partial charge >= 0.3 is 0 Å². The van der Waals surface area contributed by atoms with E-state index in [2.05, 4.69) is 52.8 Å². The fraction of sp³-hybridized carbons (Fsp3) is 0.647. The van der Waals surface area contributed by atoms with Crippen LogP contribution in [0.1, 0.15) is 58.6 Å². The smallest absolute Gasteiger partial charge is 0.122 e. The normalized spacial score (nSPS) is 13.4. The Balaban J connectivity index is 3.03. The van der Waals surface area contributed by atoms with Gasteiger partial charge in [-0.1, -0.05) is 46.8 Å². The second kappa shape index (κ2) is 6.95. The molecule has 108 valence electrons. The summed E-state index contributed by atoms with van der Waals surface area (Å²) in [7, 11) is 0. The molecule has 0 aliphatic heterocycles. The molecule has 0 saturated carbocycles. The minimum Gasteiger partial charge on any atom is -0.493 e. The number of nitrogens with two attached hydrogens (primary N) is 1. The zero-order valence-corrected chi connectivity index (χ0v) is 13.1. The molecule has 2 N–H and O–H groups in total. The molecule has 1 unspecified atom stereocenters. The summed E-state index contributed by atoms with van der Waals surface area (Å²) in [5, 5.41) is 0. The molecule has 0 aliphatic carbocycles. The Bertz CT molecular complexity index is 393.